The van der Waals surface area contributed by atoms with Gasteiger partial charge in [-0.15, -0.1) is 13.2 Å². The molecule has 1 aromatic rings. The number of rotatable bonds is 5. The molecule has 1 aromatic carbocycles. The molecule has 1 saturated carbocycles. The molecule has 0 amide bonds. The average molecular weight is 303 g/mol. The fraction of sp³-hybridized carbons (Fsp3) is 0.600. The van der Waals surface area contributed by atoms with Gasteiger partial charge in [0.1, 0.15) is 6.10 Å². The zero-order valence-electron chi connectivity index (χ0n) is 12.3. The Morgan fingerprint density at radius 2 is 1.90 bits per heavy atom. The van der Waals surface area contributed by atoms with Crippen LogP contribution in [0.1, 0.15) is 26.7 Å². The van der Waals surface area contributed by atoms with Gasteiger partial charge in [0.2, 0.25) is 0 Å². The highest BCUT2D eigenvalue weighted by Crippen LogP contribution is 2.47. The smallest absolute Gasteiger partial charge is 0.486 e. The van der Waals surface area contributed by atoms with Crippen molar-refractivity contribution in [3.8, 4) is 11.5 Å². The van der Waals surface area contributed by atoms with Crippen LogP contribution < -0.4 is 14.8 Å². The lowest BCUT2D eigenvalue weighted by Crippen LogP contribution is -2.62. The number of hydrogen-bond donors (Lipinski definition) is 1. The third-order valence-electron chi connectivity index (χ3n) is 4.44. The summed E-state index contributed by atoms with van der Waals surface area (Å²) in [6.07, 6.45) is -3.20. The first kappa shape index (κ1) is 15.9. The van der Waals surface area contributed by atoms with E-state index in [9.17, 15) is 13.2 Å². The molecule has 2 rings (SSSR count). The molecule has 3 atom stereocenters. The Morgan fingerprint density at radius 3 is 2.43 bits per heavy atom. The molecule has 0 saturated heterocycles. The molecule has 1 fully saturated rings. The molecule has 21 heavy (non-hydrogen) atoms. The Labute approximate surface area is 122 Å². The van der Waals surface area contributed by atoms with E-state index in [1.807, 2.05) is 7.05 Å². The van der Waals surface area contributed by atoms with Crippen molar-refractivity contribution in [3.63, 3.8) is 0 Å². The summed E-state index contributed by atoms with van der Waals surface area (Å²) in [6, 6.07) is 6.20. The van der Waals surface area contributed by atoms with Crippen molar-refractivity contribution in [2.45, 2.75) is 45.2 Å². The zero-order valence-corrected chi connectivity index (χ0v) is 12.3. The van der Waals surface area contributed by atoms with Gasteiger partial charge in [-0.2, -0.15) is 0 Å². The molecule has 0 heterocycles. The second-order valence-electron chi connectivity index (χ2n) is 5.54. The van der Waals surface area contributed by atoms with Crippen LogP contribution in [0.3, 0.4) is 0 Å². The molecule has 3 nitrogen and oxygen atoms in total. The Balaban J connectivity index is 2.14. The minimum atomic E-state index is -4.72. The van der Waals surface area contributed by atoms with Gasteiger partial charge in [0.05, 0.1) is 0 Å². The number of nitrogens with one attached hydrogen (secondary N) is 1. The normalized spacial score (nSPS) is 28.9. The number of halogens is 3. The van der Waals surface area contributed by atoms with Crippen LogP contribution in [0, 0.1) is 5.41 Å². The van der Waals surface area contributed by atoms with Crippen molar-refractivity contribution in [2.75, 3.05) is 7.05 Å². The van der Waals surface area contributed by atoms with Gasteiger partial charge in [-0.25, -0.2) is 0 Å². The summed E-state index contributed by atoms with van der Waals surface area (Å²) in [5.74, 6) is -0.162. The minimum Gasteiger partial charge on any atom is -0.486 e. The van der Waals surface area contributed by atoms with Crippen LogP contribution in [0.2, 0.25) is 0 Å². The molecule has 0 aromatic heterocycles. The van der Waals surface area contributed by atoms with E-state index in [0.29, 0.717) is 6.04 Å². The summed E-state index contributed by atoms with van der Waals surface area (Å²) in [5, 5.41) is 3.22. The Hall–Kier alpha value is -1.43. The highest BCUT2D eigenvalue weighted by molar-refractivity contribution is 5.40. The summed E-state index contributed by atoms with van der Waals surface area (Å²) in [7, 11) is 1.88. The van der Waals surface area contributed by atoms with Gasteiger partial charge in [-0.05, 0) is 25.6 Å². The highest BCUT2D eigenvalue weighted by Gasteiger charge is 2.51. The third kappa shape index (κ3) is 3.26. The number of alkyl halides is 3. The topological polar surface area (TPSA) is 30.5 Å². The predicted molar refractivity (Wildman–Crippen MR) is 73.4 cm³/mol. The second-order valence-corrected chi connectivity index (χ2v) is 5.54. The van der Waals surface area contributed by atoms with Crippen LogP contribution in [0.5, 0.6) is 11.5 Å². The van der Waals surface area contributed by atoms with Crippen LogP contribution in [0.15, 0.2) is 24.3 Å². The van der Waals surface area contributed by atoms with Gasteiger partial charge in [-0.3, -0.25) is 0 Å². The second kappa shape index (κ2) is 5.75. The van der Waals surface area contributed by atoms with E-state index < -0.39 is 6.36 Å². The molecule has 0 spiro atoms. The summed E-state index contributed by atoms with van der Waals surface area (Å²) in [6.45, 7) is 4.13. The van der Waals surface area contributed by atoms with E-state index >= 15 is 0 Å². The van der Waals surface area contributed by atoms with E-state index in [4.69, 9.17) is 4.74 Å². The van der Waals surface area contributed by atoms with E-state index in [1.165, 1.54) is 18.2 Å². The standard InChI is InChI=1S/C15H20F3NO2/c1-4-14(2)12(19-3)9-13(14)20-10-7-5-6-8-11(10)21-15(16,17)18/h5-8,12-13,19H,4,9H2,1-3H3. The Kier molecular flexibility index (Phi) is 4.37. The Bertz CT molecular complexity index is 492. The van der Waals surface area contributed by atoms with Gasteiger partial charge < -0.3 is 14.8 Å². The SMILES string of the molecule is CCC1(C)C(NC)CC1Oc1ccccc1OC(F)(F)F. The lowest BCUT2D eigenvalue weighted by molar-refractivity contribution is -0.275. The van der Waals surface area contributed by atoms with Crippen molar-refractivity contribution < 1.29 is 22.6 Å². The molecule has 1 aliphatic carbocycles. The molecule has 3 unspecified atom stereocenters. The van der Waals surface area contributed by atoms with Crippen LogP contribution >= 0.6 is 0 Å². The monoisotopic (exact) mass is 303 g/mol. The minimum absolute atomic E-state index is 0.0971. The molecule has 1 aliphatic rings. The van der Waals surface area contributed by atoms with Gasteiger partial charge in [0, 0.05) is 17.9 Å². The maximum absolute atomic E-state index is 12.4. The van der Waals surface area contributed by atoms with Gasteiger partial charge in [-0.1, -0.05) is 26.0 Å². The number of benzene rings is 1. The van der Waals surface area contributed by atoms with Crippen LogP contribution in [0.4, 0.5) is 13.2 Å². The number of ether oxygens (including phenoxy) is 2. The van der Waals surface area contributed by atoms with Gasteiger partial charge in [0.25, 0.3) is 0 Å². The molecule has 118 valence electrons. The lowest BCUT2D eigenvalue weighted by atomic mass is 9.61. The maximum Gasteiger partial charge on any atom is 0.573 e. The molecule has 0 radical (unpaired) electrons. The average Bonchev–Trinajstić information content (AvgIpc) is 2.42. The van der Waals surface area contributed by atoms with Crippen molar-refractivity contribution in [3.05, 3.63) is 24.3 Å². The van der Waals surface area contributed by atoms with Crippen LogP contribution in [-0.4, -0.2) is 25.6 Å². The zero-order chi connectivity index (χ0) is 15.7. The van der Waals surface area contributed by atoms with E-state index in [-0.39, 0.29) is 23.0 Å². The molecule has 0 aliphatic heterocycles. The Morgan fingerprint density at radius 1 is 1.29 bits per heavy atom. The molecular weight excluding hydrogens is 283 g/mol. The van der Waals surface area contributed by atoms with Crippen LogP contribution in [-0.2, 0) is 0 Å². The van der Waals surface area contributed by atoms with E-state index in [1.54, 1.807) is 6.07 Å². The van der Waals surface area contributed by atoms with Crippen LogP contribution in [0.25, 0.3) is 0 Å². The van der Waals surface area contributed by atoms with E-state index in [0.717, 1.165) is 12.8 Å². The number of hydrogen-bond acceptors (Lipinski definition) is 3. The van der Waals surface area contributed by atoms with Gasteiger partial charge in [0.15, 0.2) is 11.5 Å². The first-order valence-corrected chi connectivity index (χ1v) is 6.99. The number of para-hydroxylation sites is 2. The summed E-state index contributed by atoms with van der Waals surface area (Å²) in [5.41, 5.74) is -0.0971. The van der Waals surface area contributed by atoms with Crippen molar-refractivity contribution in [1.29, 1.82) is 0 Å². The lowest BCUT2D eigenvalue weighted by Gasteiger charge is -2.53. The van der Waals surface area contributed by atoms with Crippen molar-refractivity contribution in [2.24, 2.45) is 5.41 Å². The molecule has 0 bridgehead atoms. The summed E-state index contributed by atoms with van der Waals surface area (Å²) >= 11 is 0. The van der Waals surface area contributed by atoms with Crippen molar-refractivity contribution in [1.82, 2.24) is 5.32 Å². The fourth-order valence-electron chi connectivity index (χ4n) is 2.83. The highest BCUT2D eigenvalue weighted by atomic mass is 19.4. The molecular formula is C15H20F3NO2. The largest absolute Gasteiger partial charge is 0.573 e. The summed E-state index contributed by atoms with van der Waals surface area (Å²) in [4.78, 5) is 0. The fourth-order valence-corrected chi connectivity index (χ4v) is 2.83. The first-order chi connectivity index (χ1) is 9.80. The maximum atomic E-state index is 12.4. The molecule has 6 heteroatoms. The summed E-state index contributed by atoms with van der Waals surface area (Å²) < 4.78 is 47.0. The molecule has 1 N–H and O–H groups in total. The quantitative estimate of drug-likeness (QED) is 0.899. The predicted octanol–water partition coefficient (Wildman–Crippen LogP) is 3.74. The van der Waals surface area contributed by atoms with Gasteiger partial charge >= 0.3 is 6.36 Å². The third-order valence-corrected chi connectivity index (χ3v) is 4.44. The van der Waals surface area contributed by atoms with Crippen molar-refractivity contribution >= 4 is 0 Å². The first-order valence-electron chi connectivity index (χ1n) is 6.99. The van der Waals surface area contributed by atoms with E-state index in [2.05, 4.69) is 23.9 Å².